The van der Waals surface area contributed by atoms with E-state index in [2.05, 4.69) is 25.6 Å². The Morgan fingerprint density at radius 2 is 1.78 bits per heavy atom. The fraction of sp³-hybridized carbons (Fsp3) is 0.0690. The first-order valence-corrected chi connectivity index (χ1v) is 12.4. The topological polar surface area (TPSA) is 85.5 Å². The van der Waals surface area contributed by atoms with Gasteiger partial charge in [0.2, 0.25) is 5.82 Å². The fourth-order valence-electron chi connectivity index (χ4n) is 4.55. The number of nitrogens with zero attached hydrogens (tertiary/aromatic N) is 4. The molecule has 0 aliphatic rings. The van der Waals surface area contributed by atoms with Crippen molar-refractivity contribution < 1.29 is 9.52 Å². The van der Waals surface area contributed by atoms with Crippen molar-refractivity contribution in [1.29, 1.82) is 0 Å². The van der Waals surface area contributed by atoms with E-state index in [9.17, 15) is 9.90 Å². The number of hydrogen-bond donors (Lipinski definition) is 1. The molecule has 37 heavy (non-hydrogen) atoms. The largest absolute Gasteiger partial charge is 0.508 e. The molecule has 182 valence electrons. The summed E-state index contributed by atoms with van der Waals surface area (Å²) in [5.74, 6) is 0.976. The monoisotopic (exact) mass is 552 g/mol. The van der Waals surface area contributed by atoms with E-state index in [0.717, 1.165) is 32.5 Å². The molecule has 3 aromatic heterocycles. The van der Waals surface area contributed by atoms with Crippen LogP contribution in [0.2, 0.25) is 0 Å². The predicted molar refractivity (Wildman–Crippen MR) is 149 cm³/mol. The Labute approximate surface area is 220 Å². The van der Waals surface area contributed by atoms with Crippen molar-refractivity contribution in [1.82, 2.24) is 14.2 Å². The van der Waals surface area contributed by atoms with Gasteiger partial charge in [0, 0.05) is 32.5 Å². The molecule has 6 aromatic rings. The van der Waals surface area contributed by atoms with Crippen LogP contribution >= 0.6 is 15.9 Å². The third-order valence-electron chi connectivity index (χ3n) is 6.34. The summed E-state index contributed by atoms with van der Waals surface area (Å²) in [6.45, 7) is 3.99. The van der Waals surface area contributed by atoms with Crippen LogP contribution < -0.4 is 5.56 Å². The van der Waals surface area contributed by atoms with Gasteiger partial charge in [0.15, 0.2) is 5.76 Å². The van der Waals surface area contributed by atoms with E-state index in [0.29, 0.717) is 28.1 Å². The van der Waals surface area contributed by atoms with Gasteiger partial charge in [0.1, 0.15) is 11.3 Å². The second-order valence-electron chi connectivity index (χ2n) is 8.79. The minimum absolute atomic E-state index is 0.210. The van der Waals surface area contributed by atoms with Crippen molar-refractivity contribution >= 4 is 44.0 Å². The lowest BCUT2D eigenvalue weighted by molar-refractivity contribution is 0.475. The van der Waals surface area contributed by atoms with Crippen LogP contribution in [0.15, 0.2) is 97.6 Å². The third-order valence-corrected chi connectivity index (χ3v) is 6.84. The van der Waals surface area contributed by atoms with Crippen LogP contribution in [0.4, 0.5) is 0 Å². The molecule has 0 saturated carbocycles. The molecular formula is C29H21BrN4O3. The van der Waals surface area contributed by atoms with Gasteiger partial charge in [-0.2, -0.15) is 9.78 Å². The van der Waals surface area contributed by atoms with Crippen molar-refractivity contribution in [2.45, 2.75) is 13.8 Å². The summed E-state index contributed by atoms with van der Waals surface area (Å²) in [6, 6.07) is 23.8. The number of aromatic hydroxyl groups is 1. The van der Waals surface area contributed by atoms with Gasteiger partial charge in [0.25, 0.3) is 5.56 Å². The number of phenols is 1. The number of hydrogen-bond acceptors (Lipinski definition) is 5. The Morgan fingerprint density at radius 3 is 2.59 bits per heavy atom. The summed E-state index contributed by atoms with van der Waals surface area (Å²) in [5, 5.41) is 15.6. The minimum Gasteiger partial charge on any atom is -0.508 e. The summed E-state index contributed by atoms with van der Waals surface area (Å²) in [6.07, 6.45) is 1.67. The highest BCUT2D eigenvalue weighted by atomic mass is 79.9. The first-order valence-electron chi connectivity index (χ1n) is 11.6. The minimum atomic E-state index is -0.286. The van der Waals surface area contributed by atoms with Gasteiger partial charge in [-0.3, -0.25) is 4.79 Å². The Bertz CT molecular complexity index is 1900. The highest BCUT2D eigenvalue weighted by Gasteiger charge is 2.17. The summed E-state index contributed by atoms with van der Waals surface area (Å²) >= 11 is 3.49. The number of para-hydroxylation sites is 1. The number of benzene rings is 3. The molecule has 1 N–H and O–H groups in total. The van der Waals surface area contributed by atoms with Crippen molar-refractivity contribution in [3.8, 4) is 23.0 Å². The van der Waals surface area contributed by atoms with Crippen LogP contribution in [0.5, 0.6) is 5.75 Å². The first-order chi connectivity index (χ1) is 17.9. The standard InChI is InChI=1S/C29H21BrN4O3/c1-17-13-20(18(2)33(17)22-8-10-23(35)11-9-22)16-31-34-28(32-25-6-4-3-5-24(25)29(34)36)27-15-19-14-21(30)7-12-26(19)37-27/h3-16,35H,1-2H3. The third kappa shape index (κ3) is 4.05. The molecule has 0 saturated heterocycles. The Morgan fingerprint density at radius 1 is 1.00 bits per heavy atom. The van der Waals surface area contributed by atoms with Crippen LogP contribution in [-0.2, 0) is 0 Å². The molecule has 0 fully saturated rings. The molecule has 3 aromatic carbocycles. The van der Waals surface area contributed by atoms with Crippen molar-refractivity contribution in [3.05, 3.63) is 111 Å². The molecule has 0 bridgehead atoms. The zero-order valence-electron chi connectivity index (χ0n) is 20.0. The average Bonchev–Trinajstić information content (AvgIpc) is 3.43. The number of aromatic nitrogens is 3. The molecule has 7 nitrogen and oxygen atoms in total. The summed E-state index contributed by atoms with van der Waals surface area (Å²) in [4.78, 5) is 18.3. The highest BCUT2D eigenvalue weighted by Crippen LogP contribution is 2.29. The van der Waals surface area contributed by atoms with E-state index in [1.165, 1.54) is 4.68 Å². The summed E-state index contributed by atoms with van der Waals surface area (Å²) < 4.78 is 10.4. The number of furan rings is 1. The Hall–Kier alpha value is -4.43. The average molecular weight is 553 g/mol. The van der Waals surface area contributed by atoms with E-state index in [1.807, 2.05) is 68.4 Å². The quantitative estimate of drug-likeness (QED) is 0.251. The maximum Gasteiger partial charge on any atom is 0.282 e. The maximum atomic E-state index is 13.6. The molecule has 0 atom stereocenters. The first kappa shape index (κ1) is 23.0. The second-order valence-corrected chi connectivity index (χ2v) is 9.70. The lowest BCUT2D eigenvalue weighted by atomic mass is 10.2. The summed E-state index contributed by atoms with van der Waals surface area (Å²) in [5.41, 5.74) is 4.69. The van der Waals surface area contributed by atoms with E-state index >= 15 is 0 Å². The van der Waals surface area contributed by atoms with Crippen molar-refractivity contribution in [2.75, 3.05) is 0 Å². The molecular weight excluding hydrogens is 532 g/mol. The normalized spacial score (nSPS) is 11.8. The number of halogens is 1. The lowest BCUT2D eigenvalue weighted by Gasteiger charge is -2.09. The van der Waals surface area contributed by atoms with Crippen LogP contribution in [0.25, 0.3) is 39.1 Å². The van der Waals surface area contributed by atoms with Crippen LogP contribution in [0.1, 0.15) is 17.0 Å². The maximum absolute atomic E-state index is 13.6. The van der Waals surface area contributed by atoms with Crippen LogP contribution in [-0.4, -0.2) is 25.5 Å². The molecule has 0 aliphatic heterocycles. The molecule has 0 radical (unpaired) electrons. The predicted octanol–water partition coefficient (Wildman–Crippen LogP) is 6.57. The van der Waals surface area contributed by atoms with E-state index in [1.54, 1.807) is 30.5 Å². The van der Waals surface area contributed by atoms with Gasteiger partial charge in [0.05, 0.1) is 17.1 Å². The van der Waals surface area contributed by atoms with Gasteiger partial charge in [-0.1, -0.05) is 28.1 Å². The molecule has 0 aliphatic carbocycles. The SMILES string of the molecule is Cc1cc(C=Nn2c(-c3cc4cc(Br)ccc4o3)nc3ccccc3c2=O)c(C)n1-c1ccc(O)cc1. The van der Waals surface area contributed by atoms with E-state index < -0.39 is 0 Å². The highest BCUT2D eigenvalue weighted by molar-refractivity contribution is 9.10. The molecule has 3 heterocycles. The van der Waals surface area contributed by atoms with Gasteiger partial charge >= 0.3 is 0 Å². The van der Waals surface area contributed by atoms with Gasteiger partial charge in [-0.25, -0.2) is 4.98 Å². The molecule has 6 rings (SSSR count). The van der Waals surface area contributed by atoms with Crippen molar-refractivity contribution in [3.63, 3.8) is 0 Å². The van der Waals surface area contributed by atoms with Crippen molar-refractivity contribution in [2.24, 2.45) is 5.10 Å². The fourth-order valence-corrected chi connectivity index (χ4v) is 4.93. The number of phenolic OH excluding ortho intramolecular Hbond substituents is 1. The van der Waals surface area contributed by atoms with E-state index in [4.69, 9.17) is 9.40 Å². The van der Waals surface area contributed by atoms with Gasteiger partial charge in [-0.05, 0) is 80.6 Å². The Kier molecular flexibility index (Phi) is 5.53. The van der Waals surface area contributed by atoms with Gasteiger partial charge < -0.3 is 14.1 Å². The molecule has 0 spiro atoms. The second kappa shape index (κ2) is 8.90. The Balaban J connectivity index is 1.51. The lowest BCUT2D eigenvalue weighted by Crippen LogP contribution is -2.20. The zero-order valence-corrected chi connectivity index (χ0v) is 21.6. The molecule has 8 heteroatoms. The number of aryl methyl sites for hydroxylation is 1. The number of fused-ring (bicyclic) bond motifs is 2. The molecule has 0 amide bonds. The number of rotatable bonds is 4. The smallest absolute Gasteiger partial charge is 0.282 e. The van der Waals surface area contributed by atoms with Crippen LogP contribution in [0, 0.1) is 13.8 Å². The zero-order chi connectivity index (χ0) is 25.7. The van der Waals surface area contributed by atoms with E-state index in [-0.39, 0.29) is 11.3 Å². The summed E-state index contributed by atoms with van der Waals surface area (Å²) in [7, 11) is 0. The van der Waals surface area contributed by atoms with Crippen LogP contribution in [0.3, 0.4) is 0 Å². The molecule has 0 unspecified atom stereocenters. The van der Waals surface area contributed by atoms with Gasteiger partial charge in [-0.15, -0.1) is 0 Å².